The third kappa shape index (κ3) is 3.39. The van der Waals surface area contributed by atoms with Crippen LogP contribution in [0.25, 0.3) is 0 Å². The van der Waals surface area contributed by atoms with Gasteiger partial charge in [0.2, 0.25) is 6.79 Å². The first-order chi connectivity index (χ1) is 9.05. The number of benzene rings is 1. The van der Waals surface area contributed by atoms with Crippen molar-refractivity contribution in [3.05, 3.63) is 23.8 Å². The molecule has 6 heteroatoms. The van der Waals surface area contributed by atoms with Crippen LogP contribution >= 0.6 is 0 Å². The highest BCUT2D eigenvalue weighted by molar-refractivity contribution is 7.91. The molecule has 1 unspecified atom stereocenters. The maximum Gasteiger partial charge on any atom is 0.231 e. The molecule has 1 aliphatic rings. The molecule has 1 atom stereocenters. The molecule has 0 aromatic heterocycles. The highest BCUT2D eigenvalue weighted by Crippen LogP contribution is 2.34. The average molecular weight is 285 g/mol. The molecule has 0 saturated carbocycles. The summed E-state index contributed by atoms with van der Waals surface area (Å²) in [6.07, 6.45) is 0. The molecular formula is C13H19NO4S. The topological polar surface area (TPSA) is 64.6 Å². The molecule has 0 spiro atoms. The molecule has 0 radical (unpaired) electrons. The van der Waals surface area contributed by atoms with Gasteiger partial charge in [-0.25, -0.2) is 8.42 Å². The lowest BCUT2D eigenvalue weighted by Gasteiger charge is -2.18. The van der Waals surface area contributed by atoms with Crippen LogP contribution in [0.1, 0.15) is 25.5 Å². The van der Waals surface area contributed by atoms with Gasteiger partial charge in [0.25, 0.3) is 0 Å². The number of hydrogen-bond donors (Lipinski definition) is 1. The van der Waals surface area contributed by atoms with Crippen molar-refractivity contribution in [2.24, 2.45) is 0 Å². The fraction of sp³-hybridized carbons (Fsp3) is 0.538. The molecule has 19 heavy (non-hydrogen) atoms. The average Bonchev–Trinajstić information content (AvgIpc) is 2.85. The van der Waals surface area contributed by atoms with Gasteiger partial charge in [0.1, 0.15) is 0 Å². The summed E-state index contributed by atoms with van der Waals surface area (Å²) in [6.45, 7) is 4.55. The molecule has 0 bridgehead atoms. The maximum absolute atomic E-state index is 11.8. The van der Waals surface area contributed by atoms with Crippen molar-refractivity contribution in [3.8, 4) is 11.5 Å². The third-order valence-electron chi connectivity index (χ3n) is 3.11. The quantitative estimate of drug-likeness (QED) is 0.858. The molecule has 1 N–H and O–H groups in total. The standard InChI is InChI=1S/C13H19NO4S/c1-3-14-11(8-19(15,16)4-2)10-5-6-12-13(7-10)18-9-17-12/h5-7,11,14H,3-4,8-9H2,1-2H3. The minimum absolute atomic E-state index is 0.0942. The Bertz CT molecular complexity index is 542. The lowest BCUT2D eigenvalue weighted by molar-refractivity contribution is 0.174. The van der Waals surface area contributed by atoms with Crippen LogP contribution in [0.5, 0.6) is 11.5 Å². The number of sulfone groups is 1. The summed E-state index contributed by atoms with van der Waals surface area (Å²) in [7, 11) is -3.04. The van der Waals surface area contributed by atoms with E-state index in [1.54, 1.807) is 6.92 Å². The Balaban J connectivity index is 2.24. The predicted molar refractivity (Wildman–Crippen MR) is 73.3 cm³/mol. The Morgan fingerprint density at radius 3 is 2.68 bits per heavy atom. The predicted octanol–water partition coefficient (Wildman–Crippen LogP) is 1.50. The summed E-state index contributed by atoms with van der Waals surface area (Å²) in [5.41, 5.74) is 0.906. The molecule has 5 nitrogen and oxygen atoms in total. The molecule has 0 fully saturated rings. The van der Waals surface area contributed by atoms with Gasteiger partial charge in [-0.3, -0.25) is 0 Å². The van der Waals surface area contributed by atoms with Crippen LogP contribution in [0.4, 0.5) is 0 Å². The normalized spacial score (nSPS) is 15.5. The van der Waals surface area contributed by atoms with Crippen LogP contribution in [0.3, 0.4) is 0 Å². The highest BCUT2D eigenvalue weighted by atomic mass is 32.2. The first-order valence-electron chi connectivity index (χ1n) is 6.39. The fourth-order valence-electron chi connectivity index (χ4n) is 2.02. The van der Waals surface area contributed by atoms with Crippen molar-refractivity contribution in [1.29, 1.82) is 0 Å². The van der Waals surface area contributed by atoms with Gasteiger partial charge in [-0.05, 0) is 24.2 Å². The van der Waals surface area contributed by atoms with Crippen LogP contribution in [0, 0.1) is 0 Å². The largest absolute Gasteiger partial charge is 0.454 e. The van der Waals surface area contributed by atoms with E-state index in [1.807, 2.05) is 25.1 Å². The zero-order valence-corrected chi connectivity index (χ0v) is 12.0. The van der Waals surface area contributed by atoms with Crippen molar-refractivity contribution in [2.45, 2.75) is 19.9 Å². The molecule has 0 saturated heterocycles. The minimum atomic E-state index is -3.04. The van der Waals surface area contributed by atoms with E-state index in [-0.39, 0.29) is 24.3 Å². The second-order valence-electron chi connectivity index (χ2n) is 4.42. The smallest absolute Gasteiger partial charge is 0.231 e. The van der Waals surface area contributed by atoms with Gasteiger partial charge in [0.05, 0.1) is 5.75 Å². The van der Waals surface area contributed by atoms with Gasteiger partial charge in [0.15, 0.2) is 21.3 Å². The molecular weight excluding hydrogens is 266 g/mol. The second kappa shape index (κ2) is 5.79. The van der Waals surface area contributed by atoms with Crippen molar-refractivity contribution in [3.63, 3.8) is 0 Å². The van der Waals surface area contributed by atoms with E-state index in [4.69, 9.17) is 9.47 Å². The van der Waals surface area contributed by atoms with Gasteiger partial charge in [0, 0.05) is 11.8 Å². The second-order valence-corrected chi connectivity index (χ2v) is 6.82. The highest BCUT2D eigenvalue weighted by Gasteiger charge is 2.21. The monoisotopic (exact) mass is 285 g/mol. The van der Waals surface area contributed by atoms with Crippen LogP contribution in [-0.4, -0.2) is 33.3 Å². The summed E-state index contributed by atoms with van der Waals surface area (Å²) in [5.74, 6) is 1.63. The van der Waals surface area contributed by atoms with E-state index in [0.717, 1.165) is 5.56 Å². The van der Waals surface area contributed by atoms with E-state index < -0.39 is 9.84 Å². The van der Waals surface area contributed by atoms with Crippen LogP contribution < -0.4 is 14.8 Å². The van der Waals surface area contributed by atoms with Crippen LogP contribution in [0.15, 0.2) is 18.2 Å². The van der Waals surface area contributed by atoms with E-state index in [1.165, 1.54) is 0 Å². The number of rotatable bonds is 6. The SMILES string of the molecule is CCNC(CS(=O)(=O)CC)c1ccc2c(c1)OCO2. The summed E-state index contributed by atoms with van der Waals surface area (Å²) < 4.78 is 34.2. The van der Waals surface area contributed by atoms with E-state index >= 15 is 0 Å². The fourth-order valence-corrected chi connectivity index (χ4v) is 3.07. The van der Waals surface area contributed by atoms with Crippen LogP contribution in [-0.2, 0) is 9.84 Å². The van der Waals surface area contributed by atoms with Crippen LogP contribution in [0.2, 0.25) is 0 Å². The van der Waals surface area contributed by atoms with Crippen molar-refractivity contribution in [2.75, 3.05) is 24.8 Å². The first-order valence-corrected chi connectivity index (χ1v) is 8.21. The zero-order chi connectivity index (χ0) is 13.9. The number of hydrogen-bond acceptors (Lipinski definition) is 5. The van der Waals surface area contributed by atoms with Gasteiger partial charge in [-0.15, -0.1) is 0 Å². The van der Waals surface area contributed by atoms with Gasteiger partial charge >= 0.3 is 0 Å². The van der Waals surface area contributed by atoms with E-state index in [0.29, 0.717) is 18.0 Å². The maximum atomic E-state index is 11.8. The first kappa shape index (κ1) is 14.1. The Kier molecular flexibility index (Phi) is 4.31. The van der Waals surface area contributed by atoms with Gasteiger partial charge < -0.3 is 14.8 Å². The molecule has 2 rings (SSSR count). The molecule has 1 aromatic rings. The number of ether oxygens (including phenoxy) is 2. The van der Waals surface area contributed by atoms with Gasteiger partial charge in [-0.1, -0.05) is 19.9 Å². The van der Waals surface area contributed by atoms with E-state index in [2.05, 4.69) is 5.32 Å². The Morgan fingerprint density at radius 2 is 2.00 bits per heavy atom. The Morgan fingerprint density at radius 1 is 1.26 bits per heavy atom. The summed E-state index contributed by atoms with van der Waals surface area (Å²) in [4.78, 5) is 0. The molecule has 0 amide bonds. The molecule has 1 aliphatic heterocycles. The minimum Gasteiger partial charge on any atom is -0.454 e. The summed E-state index contributed by atoms with van der Waals surface area (Å²) >= 11 is 0. The number of nitrogens with one attached hydrogen (secondary N) is 1. The van der Waals surface area contributed by atoms with Crippen molar-refractivity contribution < 1.29 is 17.9 Å². The summed E-state index contributed by atoms with van der Waals surface area (Å²) in [6, 6.07) is 5.33. The van der Waals surface area contributed by atoms with Crippen molar-refractivity contribution in [1.82, 2.24) is 5.32 Å². The summed E-state index contributed by atoms with van der Waals surface area (Å²) in [5, 5.41) is 3.20. The zero-order valence-electron chi connectivity index (χ0n) is 11.2. The van der Waals surface area contributed by atoms with Gasteiger partial charge in [-0.2, -0.15) is 0 Å². The lowest BCUT2D eigenvalue weighted by atomic mass is 10.1. The van der Waals surface area contributed by atoms with E-state index in [9.17, 15) is 8.42 Å². The molecule has 1 aromatic carbocycles. The number of fused-ring (bicyclic) bond motifs is 1. The molecule has 0 aliphatic carbocycles. The Hall–Kier alpha value is -1.27. The Labute approximate surface area is 113 Å². The lowest BCUT2D eigenvalue weighted by Crippen LogP contribution is -2.28. The van der Waals surface area contributed by atoms with Crippen molar-refractivity contribution >= 4 is 9.84 Å². The third-order valence-corrected chi connectivity index (χ3v) is 4.83. The molecule has 1 heterocycles. The molecule has 106 valence electrons.